The molecule has 1 aromatic heterocycles. The maximum atomic E-state index is 2.57. The maximum absolute atomic E-state index is 2.57. The lowest BCUT2D eigenvalue weighted by Gasteiger charge is -2.06. The first-order valence-electron chi connectivity index (χ1n) is 12.4. The summed E-state index contributed by atoms with van der Waals surface area (Å²) in [5.74, 6) is 1.59. The van der Waals surface area contributed by atoms with Gasteiger partial charge in [0, 0.05) is 6.42 Å². The molecule has 2 nitrogen and oxygen atoms in total. The van der Waals surface area contributed by atoms with Gasteiger partial charge in [0.2, 0.25) is 0 Å². The molecule has 0 aromatic carbocycles. The van der Waals surface area contributed by atoms with Gasteiger partial charge in [0.15, 0.2) is 0 Å². The topological polar surface area (TPSA) is 8.81 Å². The van der Waals surface area contributed by atoms with E-state index in [-0.39, 0.29) is 0 Å². The minimum absolute atomic E-state index is 1.22. The van der Waals surface area contributed by atoms with Gasteiger partial charge in [-0.2, -0.15) is 0 Å². The van der Waals surface area contributed by atoms with Gasteiger partial charge in [0.1, 0.15) is 12.4 Å². The Kier molecular flexibility index (Phi) is 15.6. The second-order valence-corrected chi connectivity index (χ2v) is 8.45. The van der Waals surface area contributed by atoms with Crippen molar-refractivity contribution in [2.75, 3.05) is 0 Å². The Morgan fingerprint density at radius 2 is 1.15 bits per heavy atom. The zero-order valence-corrected chi connectivity index (χ0v) is 19.0. The standard InChI is InChI=1S/C25H49N2/c1-4-7-10-13-14-16-19-22-27-24-23-26(21-18-15-11-8-5-2)25(27)20-17-12-9-6-3/h23-24H,4-22H2,1-3H3/q+1. The molecule has 0 amide bonds. The van der Waals surface area contributed by atoms with Gasteiger partial charge in [0.05, 0.1) is 13.1 Å². The molecule has 0 saturated heterocycles. The number of aryl methyl sites for hydroxylation is 2. The third-order valence-electron chi connectivity index (χ3n) is 5.85. The summed E-state index contributed by atoms with van der Waals surface area (Å²) < 4.78 is 5.14. The molecule has 0 saturated carbocycles. The lowest BCUT2D eigenvalue weighted by Crippen LogP contribution is -2.37. The fourth-order valence-corrected chi connectivity index (χ4v) is 4.03. The smallest absolute Gasteiger partial charge is 0.234 e. The van der Waals surface area contributed by atoms with E-state index in [1.807, 2.05) is 0 Å². The minimum atomic E-state index is 1.22. The Morgan fingerprint density at radius 1 is 0.630 bits per heavy atom. The van der Waals surface area contributed by atoms with Gasteiger partial charge in [-0.25, -0.2) is 9.13 Å². The van der Waals surface area contributed by atoms with Crippen molar-refractivity contribution in [1.29, 1.82) is 0 Å². The van der Waals surface area contributed by atoms with Gasteiger partial charge < -0.3 is 0 Å². The highest BCUT2D eigenvalue weighted by atomic mass is 15.1. The van der Waals surface area contributed by atoms with Crippen LogP contribution in [0.4, 0.5) is 0 Å². The Balaban J connectivity index is 2.43. The molecule has 1 rings (SSSR count). The molecule has 2 heteroatoms. The van der Waals surface area contributed by atoms with Gasteiger partial charge in [-0.1, -0.05) is 91.4 Å². The van der Waals surface area contributed by atoms with Crippen LogP contribution in [0, 0.1) is 0 Å². The van der Waals surface area contributed by atoms with Crippen molar-refractivity contribution in [3.05, 3.63) is 18.2 Å². The van der Waals surface area contributed by atoms with Crippen molar-refractivity contribution in [2.24, 2.45) is 0 Å². The number of nitrogens with zero attached hydrogens (tertiary/aromatic N) is 2. The van der Waals surface area contributed by atoms with Crippen LogP contribution in [0.5, 0.6) is 0 Å². The molecule has 1 aromatic rings. The molecule has 0 fully saturated rings. The van der Waals surface area contributed by atoms with E-state index >= 15 is 0 Å². The SMILES string of the molecule is CCCCCCCCCn1cc[n+](CCCCCCC)c1CCCCCC. The largest absolute Gasteiger partial charge is 0.256 e. The van der Waals surface area contributed by atoms with E-state index in [2.05, 4.69) is 42.3 Å². The second kappa shape index (κ2) is 17.3. The van der Waals surface area contributed by atoms with E-state index in [9.17, 15) is 0 Å². The van der Waals surface area contributed by atoms with Crippen LogP contribution in [0.3, 0.4) is 0 Å². The van der Waals surface area contributed by atoms with Crippen LogP contribution in [0.25, 0.3) is 0 Å². The predicted molar refractivity (Wildman–Crippen MR) is 119 cm³/mol. The zero-order chi connectivity index (χ0) is 19.6. The number of rotatable bonds is 19. The van der Waals surface area contributed by atoms with Gasteiger partial charge in [0.25, 0.3) is 5.82 Å². The Morgan fingerprint density at radius 3 is 1.78 bits per heavy atom. The van der Waals surface area contributed by atoms with E-state index in [1.165, 1.54) is 122 Å². The summed E-state index contributed by atoms with van der Waals surface area (Å²) in [4.78, 5) is 0. The number of hydrogen-bond acceptors (Lipinski definition) is 0. The summed E-state index contributed by atoms with van der Waals surface area (Å²) in [7, 11) is 0. The van der Waals surface area contributed by atoms with Crippen LogP contribution < -0.4 is 4.57 Å². The highest BCUT2D eigenvalue weighted by Gasteiger charge is 2.16. The Labute approximate surface area is 170 Å². The van der Waals surface area contributed by atoms with Crippen molar-refractivity contribution in [2.45, 2.75) is 143 Å². The van der Waals surface area contributed by atoms with Gasteiger partial charge >= 0.3 is 0 Å². The molecule has 27 heavy (non-hydrogen) atoms. The highest BCUT2D eigenvalue weighted by molar-refractivity contribution is 4.84. The van der Waals surface area contributed by atoms with Crippen LogP contribution in [-0.2, 0) is 19.5 Å². The monoisotopic (exact) mass is 377 g/mol. The van der Waals surface area contributed by atoms with Gasteiger partial charge in [-0.15, -0.1) is 0 Å². The molecular formula is C25H49N2+. The molecule has 0 spiro atoms. The number of imidazole rings is 1. The normalized spacial score (nSPS) is 11.4. The zero-order valence-electron chi connectivity index (χ0n) is 19.0. The van der Waals surface area contributed by atoms with Crippen LogP contribution in [-0.4, -0.2) is 4.57 Å². The van der Waals surface area contributed by atoms with E-state index < -0.39 is 0 Å². The van der Waals surface area contributed by atoms with Crippen molar-refractivity contribution < 1.29 is 4.57 Å². The third kappa shape index (κ3) is 11.6. The van der Waals surface area contributed by atoms with Crippen molar-refractivity contribution in [1.82, 2.24) is 4.57 Å². The summed E-state index contributed by atoms with van der Waals surface area (Å²) in [6.45, 7) is 9.34. The van der Waals surface area contributed by atoms with Crippen molar-refractivity contribution in [3.63, 3.8) is 0 Å². The maximum Gasteiger partial charge on any atom is 0.256 e. The second-order valence-electron chi connectivity index (χ2n) is 8.45. The predicted octanol–water partition coefficient (Wildman–Crippen LogP) is 7.62. The molecule has 158 valence electrons. The summed E-state index contributed by atoms with van der Waals surface area (Å²) in [5.41, 5.74) is 0. The molecule has 0 atom stereocenters. The van der Waals surface area contributed by atoms with Crippen LogP contribution in [0.2, 0.25) is 0 Å². The lowest BCUT2D eigenvalue weighted by molar-refractivity contribution is -0.704. The fraction of sp³-hybridized carbons (Fsp3) is 0.880. The number of unbranched alkanes of at least 4 members (excludes halogenated alkanes) is 13. The van der Waals surface area contributed by atoms with Crippen molar-refractivity contribution >= 4 is 0 Å². The lowest BCUT2D eigenvalue weighted by atomic mass is 10.1. The number of aromatic nitrogens is 2. The van der Waals surface area contributed by atoms with Crippen LogP contribution in [0.15, 0.2) is 12.4 Å². The molecule has 0 aliphatic carbocycles. The first-order chi connectivity index (χ1) is 13.3. The van der Waals surface area contributed by atoms with E-state index in [0.717, 1.165) is 0 Å². The van der Waals surface area contributed by atoms with E-state index in [4.69, 9.17) is 0 Å². The summed E-state index contributed by atoms with van der Waals surface area (Å²) in [5, 5.41) is 0. The third-order valence-corrected chi connectivity index (χ3v) is 5.85. The molecular weight excluding hydrogens is 328 g/mol. The minimum Gasteiger partial charge on any atom is -0.234 e. The molecule has 0 bridgehead atoms. The fourth-order valence-electron chi connectivity index (χ4n) is 4.03. The molecule has 0 radical (unpaired) electrons. The summed E-state index contributed by atoms with van der Waals surface area (Å²) in [6, 6.07) is 0. The molecule has 0 N–H and O–H groups in total. The Bertz CT molecular complexity index is 436. The summed E-state index contributed by atoms with van der Waals surface area (Å²) in [6.07, 6.45) is 28.1. The average molecular weight is 378 g/mol. The Hall–Kier alpha value is -0.790. The first-order valence-corrected chi connectivity index (χ1v) is 12.4. The molecule has 0 unspecified atom stereocenters. The number of hydrogen-bond donors (Lipinski definition) is 0. The quantitative estimate of drug-likeness (QED) is 0.173. The van der Waals surface area contributed by atoms with E-state index in [1.54, 1.807) is 5.82 Å². The molecule has 1 heterocycles. The van der Waals surface area contributed by atoms with Gasteiger partial charge in [-0.3, -0.25) is 0 Å². The molecule has 0 aliphatic heterocycles. The summed E-state index contributed by atoms with van der Waals surface area (Å²) >= 11 is 0. The first kappa shape index (κ1) is 24.2. The van der Waals surface area contributed by atoms with Crippen LogP contribution >= 0.6 is 0 Å². The van der Waals surface area contributed by atoms with Crippen LogP contribution in [0.1, 0.15) is 129 Å². The average Bonchev–Trinajstić information content (AvgIpc) is 3.06. The molecule has 0 aliphatic rings. The van der Waals surface area contributed by atoms with E-state index in [0.29, 0.717) is 0 Å². The van der Waals surface area contributed by atoms with Gasteiger partial charge in [-0.05, 0) is 32.1 Å². The highest BCUT2D eigenvalue weighted by Crippen LogP contribution is 2.11. The van der Waals surface area contributed by atoms with Crippen molar-refractivity contribution in [3.8, 4) is 0 Å².